The van der Waals surface area contributed by atoms with Crippen molar-refractivity contribution in [2.75, 3.05) is 0 Å². The summed E-state index contributed by atoms with van der Waals surface area (Å²) >= 11 is 3.78. The quantitative estimate of drug-likeness (QED) is 0.159. The molecule has 0 saturated heterocycles. The molecule has 2 aromatic heterocycles. The van der Waals surface area contributed by atoms with Gasteiger partial charge in [0.15, 0.2) is 0 Å². The van der Waals surface area contributed by atoms with Gasteiger partial charge in [-0.25, -0.2) is 0 Å². The first-order valence-corrected chi connectivity index (χ1v) is 20.7. The molecule has 1 aliphatic carbocycles. The minimum absolute atomic E-state index is 0.158. The van der Waals surface area contributed by atoms with Crippen molar-refractivity contribution in [2.24, 2.45) is 0 Å². The number of hydrogen-bond donors (Lipinski definition) is 0. The van der Waals surface area contributed by atoms with E-state index in [0.29, 0.717) is 0 Å². The molecule has 0 amide bonds. The second-order valence-corrected chi connectivity index (χ2v) is 17.7. The molecule has 55 heavy (non-hydrogen) atoms. The average molecular weight is 735 g/mol. The van der Waals surface area contributed by atoms with Crippen LogP contribution in [0, 0.1) is 0 Å². The van der Waals surface area contributed by atoms with Crippen molar-refractivity contribution >= 4 is 84.6 Å². The summed E-state index contributed by atoms with van der Waals surface area (Å²) in [4.78, 5) is 0. The molecule has 0 atom stereocenters. The standard InChI is InChI=1S/C53H34S2/c1-53(2)44-25-6-3-14-33(44)38-23-11-24-41(52(38)53)49-36-19-9-17-31(34-21-12-28-47-50(34)39-15-4-7-26-45(39)54-47)42(36)30-43-32(18-10-20-37(43)49)35-22-13-29-48-51(35)40-16-5-8-27-46(40)55-48/h3-30H,1-2H3. The molecule has 0 unspecified atom stereocenters. The van der Waals surface area contributed by atoms with Crippen molar-refractivity contribution in [1.29, 1.82) is 0 Å². The van der Waals surface area contributed by atoms with E-state index in [9.17, 15) is 0 Å². The fourth-order valence-corrected chi connectivity index (χ4v) is 12.2. The number of fused-ring (bicyclic) bond motifs is 11. The van der Waals surface area contributed by atoms with Gasteiger partial charge >= 0.3 is 0 Å². The highest BCUT2D eigenvalue weighted by Gasteiger charge is 2.38. The lowest BCUT2D eigenvalue weighted by atomic mass is 9.77. The summed E-state index contributed by atoms with van der Waals surface area (Å²) in [7, 11) is 0. The third kappa shape index (κ3) is 4.33. The summed E-state index contributed by atoms with van der Waals surface area (Å²) in [5.41, 5.74) is 13.1. The maximum atomic E-state index is 2.52. The summed E-state index contributed by atoms with van der Waals surface area (Å²) < 4.78 is 5.32. The lowest BCUT2D eigenvalue weighted by Crippen LogP contribution is -2.16. The molecular formula is C53H34S2. The molecular weight excluding hydrogens is 701 g/mol. The van der Waals surface area contributed by atoms with Gasteiger partial charge in [-0.05, 0) is 108 Å². The fraction of sp³-hybridized carbons (Fsp3) is 0.0566. The van der Waals surface area contributed by atoms with E-state index in [0.717, 1.165) is 0 Å². The highest BCUT2D eigenvalue weighted by molar-refractivity contribution is 7.26. The molecule has 0 spiro atoms. The van der Waals surface area contributed by atoms with Gasteiger partial charge in [0.2, 0.25) is 0 Å². The van der Waals surface area contributed by atoms with Crippen LogP contribution in [0.4, 0.5) is 0 Å². The molecule has 0 saturated carbocycles. The van der Waals surface area contributed by atoms with Crippen LogP contribution >= 0.6 is 22.7 Å². The van der Waals surface area contributed by atoms with Crippen molar-refractivity contribution in [3.63, 3.8) is 0 Å². The molecule has 0 aliphatic heterocycles. The van der Waals surface area contributed by atoms with E-state index in [2.05, 4.69) is 184 Å². The SMILES string of the molecule is CC1(C)c2ccccc2-c2cccc(-c3c4cccc(-c5cccc6sc7ccccc7c56)c4cc4c(-c5cccc6sc7ccccc7c56)cccc34)c21. The van der Waals surface area contributed by atoms with Gasteiger partial charge in [0.25, 0.3) is 0 Å². The van der Waals surface area contributed by atoms with Gasteiger partial charge in [-0.15, -0.1) is 22.7 Å². The Morgan fingerprint density at radius 1 is 0.327 bits per heavy atom. The Morgan fingerprint density at radius 3 is 1.36 bits per heavy atom. The Hall–Kier alpha value is -6.06. The van der Waals surface area contributed by atoms with Crippen LogP contribution in [0.25, 0.3) is 106 Å². The largest absolute Gasteiger partial charge is 0.135 e. The molecule has 12 rings (SSSR count). The lowest BCUT2D eigenvalue weighted by Gasteiger charge is -2.26. The molecule has 258 valence electrons. The molecule has 1 aliphatic rings. The first-order valence-electron chi connectivity index (χ1n) is 19.1. The summed E-state index contributed by atoms with van der Waals surface area (Å²) in [5.74, 6) is 0. The van der Waals surface area contributed by atoms with E-state index in [1.807, 2.05) is 22.7 Å². The van der Waals surface area contributed by atoms with E-state index < -0.39 is 0 Å². The van der Waals surface area contributed by atoms with E-state index in [1.165, 1.54) is 118 Å². The Bertz CT molecular complexity index is 3240. The first kappa shape index (κ1) is 31.3. The van der Waals surface area contributed by atoms with Crippen molar-refractivity contribution in [1.82, 2.24) is 0 Å². The average Bonchev–Trinajstić information content (AvgIpc) is 3.87. The normalized spacial score (nSPS) is 13.4. The van der Waals surface area contributed by atoms with Crippen LogP contribution in [0.15, 0.2) is 170 Å². The smallest absolute Gasteiger partial charge is 0.0361 e. The monoisotopic (exact) mass is 734 g/mol. The van der Waals surface area contributed by atoms with Crippen LogP contribution in [-0.2, 0) is 5.41 Å². The lowest BCUT2D eigenvalue weighted by molar-refractivity contribution is 0.662. The van der Waals surface area contributed by atoms with Gasteiger partial charge in [-0.1, -0.05) is 153 Å². The highest BCUT2D eigenvalue weighted by Crippen LogP contribution is 2.55. The predicted octanol–water partition coefficient (Wildman–Crippen LogP) is 16.0. The van der Waals surface area contributed by atoms with Crippen molar-refractivity contribution < 1.29 is 0 Å². The minimum atomic E-state index is -0.158. The van der Waals surface area contributed by atoms with Gasteiger partial charge in [-0.3, -0.25) is 0 Å². The van der Waals surface area contributed by atoms with Crippen LogP contribution in [0.3, 0.4) is 0 Å². The number of benzene rings is 9. The minimum Gasteiger partial charge on any atom is -0.135 e. The molecule has 0 nitrogen and oxygen atoms in total. The molecule has 0 N–H and O–H groups in total. The molecule has 2 heteroatoms. The summed E-state index contributed by atoms with van der Waals surface area (Å²) in [6.45, 7) is 4.83. The number of hydrogen-bond acceptors (Lipinski definition) is 2. The molecule has 9 aromatic carbocycles. The Kier molecular flexibility index (Phi) is 6.53. The van der Waals surface area contributed by atoms with Crippen LogP contribution in [-0.4, -0.2) is 0 Å². The first-order chi connectivity index (χ1) is 27.1. The van der Waals surface area contributed by atoms with E-state index in [1.54, 1.807) is 0 Å². The second-order valence-electron chi connectivity index (χ2n) is 15.5. The Morgan fingerprint density at radius 2 is 0.745 bits per heavy atom. The summed E-state index contributed by atoms with van der Waals surface area (Å²) in [6, 6.07) is 64.0. The second kappa shape index (κ2) is 11.5. The Balaban J connectivity index is 1.25. The van der Waals surface area contributed by atoms with E-state index in [-0.39, 0.29) is 5.41 Å². The number of rotatable bonds is 3. The molecule has 0 fully saturated rings. The van der Waals surface area contributed by atoms with E-state index >= 15 is 0 Å². The van der Waals surface area contributed by atoms with Crippen LogP contribution in [0.5, 0.6) is 0 Å². The van der Waals surface area contributed by atoms with Crippen LogP contribution in [0.2, 0.25) is 0 Å². The Labute approximate surface area is 327 Å². The van der Waals surface area contributed by atoms with Crippen molar-refractivity contribution in [2.45, 2.75) is 19.3 Å². The van der Waals surface area contributed by atoms with Crippen molar-refractivity contribution in [3.8, 4) is 44.5 Å². The zero-order valence-corrected chi connectivity index (χ0v) is 32.1. The highest BCUT2D eigenvalue weighted by atomic mass is 32.1. The maximum absolute atomic E-state index is 2.52. The third-order valence-electron chi connectivity index (χ3n) is 12.3. The van der Waals surface area contributed by atoms with Gasteiger partial charge in [0, 0.05) is 45.8 Å². The zero-order chi connectivity index (χ0) is 36.4. The molecule has 0 bridgehead atoms. The van der Waals surface area contributed by atoms with Gasteiger partial charge < -0.3 is 0 Å². The van der Waals surface area contributed by atoms with Gasteiger partial charge in [0.1, 0.15) is 0 Å². The van der Waals surface area contributed by atoms with Crippen LogP contribution < -0.4 is 0 Å². The fourth-order valence-electron chi connectivity index (χ4n) is 9.98. The van der Waals surface area contributed by atoms with Crippen LogP contribution in [0.1, 0.15) is 25.0 Å². The summed E-state index contributed by atoms with van der Waals surface area (Å²) in [5, 5.41) is 10.5. The van der Waals surface area contributed by atoms with Gasteiger partial charge in [0.05, 0.1) is 0 Å². The summed E-state index contributed by atoms with van der Waals surface area (Å²) in [6.07, 6.45) is 0. The third-order valence-corrected chi connectivity index (χ3v) is 14.5. The number of thiophene rings is 2. The van der Waals surface area contributed by atoms with E-state index in [4.69, 9.17) is 0 Å². The van der Waals surface area contributed by atoms with Crippen molar-refractivity contribution in [3.05, 3.63) is 181 Å². The van der Waals surface area contributed by atoms with Gasteiger partial charge in [-0.2, -0.15) is 0 Å². The maximum Gasteiger partial charge on any atom is 0.0361 e. The topological polar surface area (TPSA) is 0 Å². The predicted molar refractivity (Wildman–Crippen MR) is 241 cm³/mol. The zero-order valence-electron chi connectivity index (χ0n) is 30.5. The molecule has 2 heterocycles. The molecule has 0 radical (unpaired) electrons. The molecule has 11 aromatic rings.